The molecule has 5 heteroatoms. The third kappa shape index (κ3) is 2.11. The SMILES string of the molecule is CNC1(c2cc(C(F)(F)F)ccc2OC)CC1. The van der Waals surface area contributed by atoms with Crippen molar-refractivity contribution < 1.29 is 17.9 Å². The summed E-state index contributed by atoms with van der Waals surface area (Å²) < 4.78 is 43.1. The van der Waals surface area contributed by atoms with Gasteiger partial charge in [-0.2, -0.15) is 13.2 Å². The molecule has 1 N–H and O–H groups in total. The van der Waals surface area contributed by atoms with Crippen molar-refractivity contribution in [2.75, 3.05) is 14.2 Å². The Bertz CT molecular complexity index is 424. The van der Waals surface area contributed by atoms with E-state index in [2.05, 4.69) is 5.32 Å². The maximum atomic E-state index is 12.7. The van der Waals surface area contributed by atoms with Gasteiger partial charge in [0.1, 0.15) is 5.75 Å². The van der Waals surface area contributed by atoms with E-state index in [0.717, 1.165) is 18.9 Å². The normalized spacial score (nSPS) is 17.9. The summed E-state index contributed by atoms with van der Waals surface area (Å²) in [5.41, 5.74) is -0.376. The van der Waals surface area contributed by atoms with Crippen molar-refractivity contribution in [2.45, 2.75) is 24.6 Å². The van der Waals surface area contributed by atoms with Crippen molar-refractivity contribution in [2.24, 2.45) is 0 Å². The summed E-state index contributed by atoms with van der Waals surface area (Å²) in [5.74, 6) is 0.504. The number of nitrogens with one attached hydrogen (secondary N) is 1. The Morgan fingerprint density at radius 3 is 2.35 bits per heavy atom. The Balaban J connectivity index is 2.48. The van der Waals surface area contributed by atoms with Crippen molar-refractivity contribution in [1.82, 2.24) is 5.32 Å². The minimum atomic E-state index is -4.31. The Kier molecular flexibility index (Phi) is 2.81. The number of halogens is 3. The molecule has 1 aliphatic rings. The van der Waals surface area contributed by atoms with Crippen LogP contribution in [0.4, 0.5) is 13.2 Å². The molecule has 0 amide bonds. The summed E-state index contributed by atoms with van der Waals surface area (Å²) in [6.07, 6.45) is -2.65. The molecular formula is C12H14F3NO. The Hall–Kier alpha value is -1.23. The van der Waals surface area contributed by atoms with Gasteiger partial charge in [-0.3, -0.25) is 0 Å². The summed E-state index contributed by atoms with van der Waals surface area (Å²) in [6, 6.07) is 3.62. The molecule has 1 aromatic rings. The first kappa shape index (κ1) is 12.2. The zero-order chi connectivity index (χ0) is 12.7. The van der Waals surface area contributed by atoms with Gasteiger partial charge in [0.15, 0.2) is 0 Å². The van der Waals surface area contributed by atoms with Gasteiger partial charge in [-0.05, 0) is 38.1 Å². The molecule has 0 aromatic heterocycles. The number of rotatable bonds is 3. The van der Waals surface area contributed by atoms with Gasteiger partial charge in [-0.15, -0.1) is 0 Å². The van der Waals surface area contributed by atoms with Gasteiger partial charge in [-0.1, -0.05) is 0 Å². The van der Waals surface area contributed by atoms with E-state index in [0.29, 0.717) is 11.3 Å². The van der Waals surface area contributed by atoms with Crippen LogP contribution in [0.2, 0.25) is 0 Å². The lowest BCUT2D eigenvalue weighted by molar-refractivity contribution is -0.137. The van der Waals surface area contributed by atoms with Crippen molar-refractivity contribution in [3.63, 3.8) is 0 Å². The highest BCUT2D eigenvalue weighted by Crippen LogP contribution is 2.49. The molecule has 1 fully saturated rings. The molecular weight excluding hydrogens is 231 g/mol. The van der Waals surface area contributed by atoms with Crippen LogP contribution < -0.4 is 10.1 Å². The maximum absolute atomic E-state index is 12.7. The van der Waals surface area contributed by atoms with E-state index in [1.165, 1.54) is 19.2 Å². The van der Waals surface area contributed by atoms with E-state index in [-0.39, 0.29) is 5.54 Å². The minimum Gasteiger partial charge on any atom is -0.496 e. The molecule has 0 bridgehead atoms. The number of hydrogen-bond acceptors (Lipinski definition) is 2. The molecule has 0 radical (unpaired) electrons. The summed E-state index contributed by atoms with van der Waals surface area (Å²) in [4.78, 5) is 0. The average Bonchev–Trinajstić information content (AvgIpc) is 3.08. The molecule has 0 heterocycles. The Morgan fingerprint density at radius 2 is 1.94 bits per heavy atom. The predicted octanol–water partition coefficient (Wildman–Crippen LogP) is 2.92. The van der Waals surface area contributed by atoms with E-state index in [9.17, 15) is 13.2 Å². The molecule has 2 rings (SSSR count). The molecule has 0 aliphatic heterocycles. The van der Waals surface area contributed by atoms with E-state index < -0.39 is 11.7 Å². The standard InChI is InChI=1S/C12H14F3NO/c1-16-11(5-6-11)9-7-8(12(13,14)15)3-4-10(9)17-2/h3-4,7,16H,5-6H2,1-2H3. The summed E-state index contributed by atoms with van der Waals surface area (Å²) in [7, 11) is 3.23. The largest absolute Gasteiger partial charge is 0.496 e. The van der Waals surface area contributed by atoms with Gasteiger partial charge in [-0.25, -0.2) is 0 Å². The lowest BCUT2D eigenvalue weighted by Crippen LogP contribution is -2.25. The van der Waals surface area contributed by atoms with Crippen LogP contribution in [0.15, 0.2) is 18.2 Å². The lowest BCUT2D eigenvalue weighted by Gasteiger charge is -2.20. The number of benzene rings is 1. The number of methoxy groups -OCH3 is 1. The quantitative estimate of drug-likeness (QED) is 0.884. The highest BCUT2D eigenvalue weighted by atomic mass is 19.4. The fraction of sp³-hybridized carbons (Fsp3) is 0.500. The van der Waals surface area contributed by atoms with Crippen LogP contribution in [0.5, 0.6) is 5.75 Å². The van der Waals surface area contributed by atoms with E-state index in [4.69, 9.17) is 4.74 Å². The average molecular weight is 245 g/mol. The molecule has 0 unspecified atom stereocenters. The fourth-order valence-corrected chi connectivity index (χ4v) is 2.04. The monoisotopic (exact) mass is 245 g/mol. The first-order valence-corrected chi connectivity index (χ1v) is 5.37. The molecule has 1 aliphatic carbocycles. The topological polar surface area (TPSA) is 21.3 Å². The predicted molar refractivity (Wildman–Crippen MR) is 58.0 cm³/mol. The summed E-state index contributed by atoms with van der Waals surface area (Å²) in [5, 5.41) is 3.07. The number of ether oxygens (including phenoxy) is 1. The second-order valence-corrected chi connectivity index (χ2v) is 4.24. The molecule has 1 saturated carbocycles. The van der Waals surface area contributed by atoms with Crippen molar-refractivity contribution in [1.29, 1.82) is 0 Å². The van der Waals surface area contributed by atoms with Gasteiger partial charge in [0, 0.05) is 11.1 Å². The van der Waals surface area contributed by atoms with E-state index >= 15 is 0 Å². The Labute approximate surface area is 97.8 Å². The molecule has 17 heavy (non-hydrogen) atoms. The zero-order valence-corrected chi connectivity index (χ0v) is 9.69. The molecule has 94 valence electrons. The van der Waals surface area contributed by atoms with Gasteiger partial charge >= 0.3 is 6.18 Å². The van der Waals surface area contributed by atoms with Crippen LogP contribution in [-0.4, -0.2) is 14.2 Å². The van der Waals surface area contributed by atoms with Gasteiger partial charge in [0.25, 0.3) is 0 Å². The van der Waals surface area contributed by atoms with Crippen LogP contribution in [0.1, 0.15) is 24.0 Å². The first-order valence-electron chi connectivity index (χ1n) is 5.37. The van der Waals surface area contributed by atoms with Crippen LogP contribution in [0.25, 0.3) is 0 Å². The smallest absolute Gasteiger partial charge is 0.416 e. The molecule has 1 aromatic carbocycles. The second kappa shape index (κ2) is 3.91. The van der Waals surface area contributed by atoms with E-state index in [1.807, 2.05) is 0 Å². The minimum absolute atomic E-state index is 0.341. The van der Waals surface area contributed by atoms with Gasteiger partial charge in [0.05, 0.1) is 12.7 Å². The third-order valence-corrected chi connectivity index (χ3v) is 3.27. The van der Waals surface area contributed by atoms with Crippen LogP contribution >= 0.6 is 0 Å². The van der Waals surface area contributed by atoms with Crippen LogP contribution in [-0.2, 0) is 11.7 Å². The van der Waals surface area contributed by atoms with Crippen LogP contribution in [0, 0.1) is 0 Å². The highest BCUT2D eigenvalue weighted by Gasteiger charge is 2.46. The molecule has 0 atom stereocenters. The van der Waals surface area contributed by atoms with E-state index in [1.54, 1.807) is 7.05 Å². The Morgan fingerprint density at radius 1 is 1.29 bits per heavy atom. The lowest BCUT2D eigenvalue weighted by atomic mass is 10.0. The molecule has 0 spiro atoms. The molecule has 2 nitrogen and oxygen atoms in total. The molecule has 0 saturated heterocycles. The van der Waals surface area contributed by atoms with Gasteiger partial charge < -0.3 is 10.1 Å². The van der Waals surface area contributed by atoms with Crippen molar-refractivity contribution in [3.05, 3.63) is 29.3 Å². The second-order valence-electron chi connectivity index (χ2n) is 4.24. The number of alkyl halides is 3. The third-order valence-electron chi connectivity index (χ3n) is 3.27. The van der Waals surface area contributed by atoms with Crippen molar-refractivity contribution >= 4 is 0 Å². The zero-order valence-electron chi connectivity index (χ0n) is 9.69. The van der Waals surface area contributed by atoms with Crippen LogP contribution in [0.3, 0.4) is 0 Å². The van der Waals surface area contributed by atoms with Gasteiger partial charge in [0.2, 0.25) is 0 Å². The fourth-order valence-electron chi connectivity index (χ4n) is 2.04. The maximum Gasteiger partial charge on any atom is 0.416 e. The number of hydrogen-bond donors (Lipinski definition) is 1. The highest BCUT2D eigenvalue weighted by molar-refractivity contribution is 5.45. The summed E-state index contributed by atoms with van der Waals surface area (Å²) in [6.45, 7) is 0. The summed E-state index contributed by atoms with van der Waals surface area (Å²) >= 11 is 0. The first-order chi connectivity index (χ1) is 7.93. The van der Waals surface area contributed by atoms with Crippen molar-refractivity contribution in [3.8, 4) is 5.75 Å².